The zero-order valence-corrected chi connectivity index (χ0v) is 11.0. The second-order valence-corrected chi connectivity index (χ2v) is 4.79. The monoisotopic (exact) mass is 248 g/mol. The van der Waals surface area contributed by atoms with Gasteiger partial charge >= 0.3 is 0 Å². The second-order valence-electron chi connectivity index (χ2n) is 4.79. The Kier molecular flexibility index (Phi) is 3.87. The predicted molar refractivity (Wildman–Crippen MR) is 72.6 cm³/mol. The van der Waals surface area contributed by atoms with Gasteiger partial charge in [-0.25, -0.2) is 0 Å². The summed E-state index contributed by atoms with van der Waals surface area (Å²) in [6.07, 6.45) is 2.40. The van der Waals surface area contributed by atoms with Crippen LogP contribution in [0, 0.1) is 0 Å². The van der Waals surface area contributed by atoms with E-state index in [1.54, 1.807) is 7.11 Å². The number of carbonyl (C=O) groups excluding carboxylic acids is 1. The number of nitrogen functional groups attached to an aromatic ring is 1. The first kappa shape index (κ1) is 12.9. The van der Waals surface area contributed by atoms with Crippen molar-refractivity contribution in [1.82, 2.24) is 0 Å². The van der Waals surface area contributed by atoms with Gasteiger partial charge in [-0.1, -0.05) is 0 Å². The molecule has 0 fully saturated rings. The van der Waals surface area contributed by atoms with Crippen molar-refractivity contribution in [1.29, 1.82) is 0 Å². The Hall–Kier alpha value is -1.55. The van der Waals surface area contributed by atoms with Crippen LogP contribution < -0.4 is 10.6 Å². The van der Waals surface area contributed by atoms with Crippen molar-refractivity contribution < 1.29 is 9.53 Å². The van der Waals surface area contributed by atoms with Crippen LogP contribution in [0.3, 0.4) is 0 Å². The quantitative estimate of drug-likeness (QED) is 0.832. The molecule has 0 bridgehead atoms. The summed E-state index contributed by atoms with van der Waals surface area (Å²) in [7, 11) is 1.66. The highest BCUT2D eigenvalue weighted by atomic mass is 16.5. The van der Waals surface area contributed by atoms with Crippen molar-refractivity contribution >= 4 is 17.3 Å². The highest BCUT2D eigenvalue weighted by molar-refractivity contribution is 5.95. The molecule has 1 amide bonds. The summed E-state index contributed by atoms with van der Waals surface area (Å²) >= 11 is 0. The van der Waals surface area contributed by atoms with E-state index in [4.69, 9.17) is 10.5 Å². The number of aryl methyl sites for hydroxylation is 1. The topological polar surface area (TPSA) is 55.6 Å². The van der Waals surface area contributed by atoms with Crippen LogP contribution in [-0.4, -0.2) is 25.7 Å². The van der Waals surface area contributed by atoms with Crippen molar-refractivity contribution in [2.24, 2.45) is 0 Å². The van der Waals surface area contributed by atoms with Crippen LogP contribution in [-0.2, 0) is 16.0 Å². The van der Waals surface area contributed by atoms with Crippen LogP contribution in [0.25, 0.3) is 0 Å². The molecule has 0 saturated heterocycles. The van der Waals surface area contributed by atoms with Gasteiger partial charge in [0.05, 0.1) is 12.6 Å². The molecular formula is C14H20N2O2. The molecule has 18 heavy (non-hydrogen) atoms. The predicted octanol–water partition coefficient (Wildman–Crippen LogP) is 1.97. The molecule has 98 valence electrons. The van der Waals surface area contributed by atoms with E-state index in [1.165, 1.54) is 0 Å². The minimum Gasteiger partial charge on any atom is -0.399 e. The number of methoxy groups -OCH3 is 1. The SMILES string of the molecule is COC(C)CN1C(=O)CCCc2cc(N)ccc21. The molecular weight excluding hydrogens is 228 g/mol. The standard InChI is InChI=1S/C14H20N2O2/c1-10(18-2)9-16-13-7-6-12(15)8-11(13)4-3-5-14(16)17/h6-8,10H,3-5,9,15H2,1-2H3. The van der Waals surface area contributed by atoms with Gasteiger partial charge in [0.1, 0.15) is 0 Å². The van der Waals surface area contributed by atoms with E-state index in [-0.39, 0.29) is 12.0 Å². The number of hydrogen-bond acceptors (Lipinski definition) is 3. The first-order chi connectivity index (χ1) is 8.61. The number of amides is 1. The second kappa shape index (κ2) is 5.40. The number of hydrogen-bond donors (Lipinski definition) is 1. The third-order valence-corrected chi connectivity index (χ3v) is 3.37. The molecule has 1 aliphatic rings. The van der Waals surface area contributed by atoms with Crippen LogP contribution >= 0.6 is 0 Å². The van der Waals surface area contributed by atoms with Crippen molar-refractivity contribution in [2.75, 3.05) is 24.3 Å². The van der Waals surface area contributed by atoms with Crippen LogP contribution in [0.2, 0.25) is 0 Å². The third kappa shape index (κ3) is 2.64. The van der Waals surface area contributed by atoms with Gasteiger partial charge < -0.3 is 15.4 Å². The van der Waals surface area contributed by atoms with E-state index >= 15 is 0 Å². The molecule has 1 aromatic rings. The molecule has 4 nitrogen and oxygen atoms in total. The van der Waals surface area contributed by atoms with Gasteiger partial charge in [-0.3, -0.25) is 4.79 Å². The van der Waals surface area contributed by atoms with Crippen LogP contribution in [0.5, 0.6) is 0 Å². The van der Waals surface area contributed by atoms with Gasteiger partial charge in [0.25, 0.3) is 0 Å². The Morgan fingerprint density at radius 1 is 1.44 bits per heavy atom. The van der Waals surface area contributed by atoms with E-state index in [9.17, 15) is 4.79 Å². The van der Waals surface area contributed by atoms with Gasteiger partial charge in [-0.05, 0) is 43.5 Å². The number of fused-ring (bicyclic) bond motifs is 1. The fourth-order valence-electron chi connectivity index (χ4n) is 2.30. The van der Waals surface area contributed by atoms with Gasteiger partial charge in [0, 0.05) is 24.9 Å². The molecule has 1 aliphatic heterocycles. The lowest BCUT2D eigenvalue weighted by Crippen LogP contribution is -2.36. The highest BCUT2D eigenvalue weighted by Gasteiger charge is 2.23. The average molecular weight is 248 g/mol. The number of ether oxygens (including phenoxy) is 1. The molecule has 0 spiro atoms. The number of carbonyl (C=O) groups is 1. The lowest BCUT2D eigenvalue weighted by Gasteiger charge is -2.25. The molecule has 0 aromatic heterocycles. The summed E-state index contributed by atoms with van der Waals surface area (Å²) in [5.74, 6) is 0.169. The maximum absolute atomic E-state index is 12.2. The Morgan fingerprint density at radius 3 is 2.94 bits per heavy atom. The van der Waals surface area contributed by atoms with Gasteiger partial charge in [0.2, 0.25) is 5.91 Å². The molecule has 1 unspecified atom stereocenters. The molecule has 4 heteroatoms. The first-order valence-electron chi connectivity index (χ1n) is 6.33. The summed E-state index contributed by atoms with van der Waals surface area (Å²) in [6.45, 7) is 2.56. The zero-order chi connectivity index (χ0) is 13.1. The van der Waals surface area contributed by atoms with E-state index in [0.717, 1.165) is 29.8 Å². The van der Waals surface area contributed by atoms with Crippen molar-refractivity contribution in [2.45, 2.75) is 32.3 Å². The van der Waals surface area contributed by atoms with Crippen molar-refractivity contribution in [3.63, 3.8) is 0 Å². The molecule has 0 saturated carbocycles. The Morgan fingerprint density at radius 2 is 2.22 bits per heavy atom. The smallest absolute Gasteiger partial charge is 0.227 e. The Bertz CT molecular complexity index is 445. The van der Waals surface area contributed by atoms with E-state index in [2.05, 4.69) is 0 Å². The number of benzene rings is 1. The first-order valence-corrected chi connectivity index (χ1v) is 6.33. The summed E-state index contributed by atoms with van der Waals surface area (Å²) < 4.78 is 5.26. The number of rotatable bonds is 3. The zero-order valence-electron chi connectivity index (χ0n) is 11.0. The fraction of sp³-hybridized carbons (Fsp3) is 0.500. The minimum absolute atomic E-state index is 0.0254. The molecule has 2 N–H and O–H groups in total. The number of anilines is 2. The Balaban J connectivity index is 2.34. The number of nitrogens with two attached hydrogens (primary N) is 1. The summed E-state index contributed by atoms with van der Waals surface area (Å²) in [6, 6.07) is 5.76. The largest absolute Gasteiger partial charge is 0.399 e. The van der Waals surface area contributed by atoms with Crippen LogP contribution in [0.4, 0.5) is 11.4 Å². The maximum Gasteiger partial charge on any atom is 0.227 e. The van der Waals surface area contributed by atoms with E-state index in [1.807, 2.05) is 30.0 Å². The Labute approximate surface area is 108 Å². The molecule has 0 aliphatic carbocycles. The fourth-order valence-corrected chi connectivity index (χ4v) is 2.30. The number of nitrogens with zero attached hydrogens (tertiary/aromatic N) is 1. The van der Waals surface area contributed by atoms with Crippen molar-refractivity contribution in [3.05, 3.63) is 23.8 Å². The third-order valence-electron chi connectivity index (χ3n) is 3.37. The van der Waals surface area contributed by atoms with E-state index < -0.39 is 0 Å². The molecule has 1 aromatic carbocycles. The molecule has 0 radical (unpaired) electrons. The van der Waals surface area contributed by atoms with E-state index in [0.29, 0.717) is 13.0 Å². The van der Waals surface area contributed by atoms with Gasteiger partial charge in [-0.15, -0.1) is 0 Å². The average Bonchev–Trinajstić information content (AvgIpc) is 2.49. The summed E-state index contributed by atoms with van der Waals surface area (Å²) in [4.78, 5) is 14.0. The summed E-state index contributed by atoms with van der Waals surface area (Å²) in [5.41, 5.74) is 8.70. The van der Waals surface area contributed by atoms with Crippen LogP contribution in [0.15, 0.2) is 18.2 Å². The van der Waals surface area contributed by atoms with Gasteiger partial charge in [0.15, 0.2) is 0 Å². The lowest BCUT2D eigenvalue weighted by molar-refractivity contribution is -0.118. The molecule has 2 rings (SSSR count). The van der Waals surface area contributed by atoms with Gasteiger partial charge in [-0.2, -0.15) is 0 Å². The van der Waals surface area contributed by atoms with Crippen LogP contribution in [0.1, 0.15) is 25.3 Å². The normalized spacial score (nSPS) is 17.2. The maximum atomic E-state index is 12.2. The molecule has 1 atom stereocenters. The van der Waals surface area contributed by atoms with Crippen molar-refractivity contribution in [3.8, 4) is 0 Å². The summed E-state index contributed by atoms with van der Waals surface area (Å²) in [5, 5.41) is 0. The highest BCUT2D eigenvalue weighted by Crippen LogP contribution is 2.29. The lowest BCUT2D eigenvalue weighted by atomic mass is 10.1. The minimum atomic E-state index is 0.0254. The molecule has 1 heterocycles.